The molecule has 2 fully saturated rings. The van der Waals surface area contributed by atoms with Crippen LogP contribution in [0.1, 0.15) is 85.8 Å². The predicted octanol–water partition coefficient (Wildman–Crippen LogP) is 4.03. The first-order valence-corrected chi connectivity index (χ1v) is 17.2. The van der Waals surface area contributed by atoms with Crippen molar-refractivity contribution in [1.82, 2.24) is 20.9 Å². The van der Waals surface area contributed by atoms with Gasteiger partial charge in [-0.15, -0.1) is 23.2 Å². The quantitative estimate of drug-likeness (QED) is 0.136. The van der Waals surface area contributed by atoms with E-state index >= 15 is 0 Å². The van der Waals surface area contributed by atoms with Gasteiger partial charge in [0.25, 0.3) is 5.91 Å². The highest BCUT2D eigenvalue weighted by Gasteiger charge is 2.47. The molecule has 268 valence electrons. The van der Waals surface area contributed by atoms with E-state index in [0.29, 0.717) is 0 Å². The molecule has 5 N–H and O–H groups in total. The number of alkyl halides is 2. The zero-order valence-corrected chi connectivity index (χ0v) is 30.4. The number of halogens is 2. The number of hydrogen-bond donors (Lipinski definition) is 4. The number of ether oxygens (including phenoxy) is 1. The Morgan fingerprint density at radius 2 is 1.56 bits per heavy atom. The number of likely N-dealkylation sites (tertiary alicyclic amines) is 1. The van der Waals surface area contributed by atoms with E-state index in [1.807, 2.05) is 30.3 Å². The predicted molar refractivity (Wildman–Crippen MR) is 184 cm³/mol. The van der Waals surface area contributed by atoms with Crippen molar-refractivity contribution < 1.29 is 33.5 Å². The van der Waals surface area contributed by atoms with Crippen LogP contribution in [0, 0.1) is 23.2 Å². The van der Waals surface area contributed by atoms with Crippen LogP contribution in [-0.4, -0.2) is 76.5 Å². The number of esters is 1. The smallest absolute Gasteiger partial charge is 0.326 e. The first kappa shape index (κ1) is 40.8. The van der Waals surface area contributed by atoms with Crippen LogP contribution in [0.15, 0.2) is 30.3 Å². The highest BCUT2D eigenvalue weighted by molar-refractivity contribution is 6.44. The molecule has 1 saturated heterocycles. The Morgan fingerprint density at radius 1 is 0.979 bits per heavy atom. The third kappa shape index (κ3) is 13.3. The average molecular weight is 713 g/mol. The number of ketones is 1. The van der Waals surface area contributed by atoms with Crippen molar-refractivity contribution in [1.29, 1.82) is 0 Å². The van der Waals surface area contributed by atoms with Gasteiger partial charge < -0.3 is 31.3 Å². The number of urea groups is 1. The summed E-state index contributed by atoms with van der Waals surface area (Å²) in [6.45, 7) is 13.0. The molecule has 0 radical (unpaired) electrons. The van der Waals surface area contributed by atoms with Gasteiger partial charge in [0, 0.05) is 12.5 Å². The SMILES string of the molecule is CC(C)C.C[C@H](OC(=O)CNC(=O)NC(C(=O)N1C[C@H](C(Cl)Cl)C[C@H]1C(=O)NC(CC1CC1)C(=O)C(N)=O)C(C)(C)C)c1ccccc1. The lowest BCUT2D eigenvalue weighted by molar-refractivity contribution is -0.147. The van der Waals surface area contributed by atoms with Crippen LogP contribution < -0.4 is 21.7 Å². The van der Waals surface area contributed by atoms with Crippen LogP contribution in [0.25, 0.3) is 0 Å². The van der Waals surface area contributed by atoms with Gasteiger partial charge in [-0.3, -0.25) is 24.0 Å². The molecule has 0 bridgehead atoms. The van der Waals surface area contributed by atoms with Crippen LogP contribution in [-0.2, 0) is 28.7 Å². The molecule has 1 aromatic rings. The summed E-state index contributed by atoms with van der Waals surface area (Å²) in [6, 6.07) is 5.00. The molecule has 12 nitrogen and oxygen atoms in total. The van der Waals surface area contributed by atoms with Crippen LogP contribution in [0.3, 0.4) is 0 Å². The number of nitrogens with zero attached hydrogens (tertiary/aromatic N) is 1. The van der Waals surface area contributed by atoms with E-state index in [4.69, 9.17) is 33.7 Å². The van der Waals surface area contributed by atoms with Crippen molar-refractivity contribution in [2.45, 2.75) is 103 Å². The lowest BCUT2D eigenvalue weighted by Crippen LogP contribution is -2.60. The molecule has 1 aliphatic heterocycles. The van der Waals surface area contributed by atoms with Crippen molar-refractivity contribution in [2.24, 2.45) is 28.9 Å². The highest BCUT2D eigenvalue weighted by atomic mass is 35.5. The second-order valence-electron chi connectivity index (χ2n) is 14.2. The Bertz CT molecular complexity index is 1280. The Hall–Kier alpha value is -3.38. The molecule has 48 heavy (non-hydrogen) atoms. The van der Waals surface area contributed by atoms with Gasteiger partial charge in [0.15, 0.2) is 0 Å². The summed E-state index contributed by atoms with van der Waals surface area (Å²) in [5, 5.41) is 7.66. The number of benzene rings is 1. The number of hydrogen-bond acceptors (Lipinski definition) is 7. The monoisotopic (exact) mass is 711 g/mol. The third-order valence-electron chi connectivity index (χ3n) is 7.78. The van der Waals surface area contributed by atoms with Crippen molar-refractivity contribution in [2.75, 3.05) is 13.1 Å². The number of primary amides is 1. The summed E-state index contributed by atoms with van der Waals surface area (Å²) >= 11 is 12.3. The van der Waals surface area contributed by atoms with E-state index in [1.165, 1.54) is 4.90 Å². The molecular weight excluding hydrogens is 661 g/mol. The molecule has 0 spiro atoms. The standard InChI is InChI=1S/C30H41Cl2N5O7.C4H10/c1-16(18-8-6-5-7-9-18)44-22(38)14-34-29(43)36-24(30(2,3)4)28(42)37-15-19(25(31)32)13-21(37)27(41)35-20(12-17-10-11-17)23(39)26(33)40;1-4(2)3/h5-9,16-17,19-21,24-25H,10-15H2,1-4H3,(H2,33,40)(H,35,41)(H2,34,36,43);4H,1-3H3/t16-,19+,20?,21-,24?;/m0./s1. The fraction of sp³-hybridized carbons (Fsp3) is 0.647. The third-order valence-corrected chi connectivity index (χ3v) is 8.49. The van der Waals surface area contributed by atoms with E-state index in [9.17, 15) is 28.8 Å². The number of rotatable bonds is 13. The summed E-state index contributed by atoms with van der Waals surface area (Å²) in [5.41, 5.74) is 5.18. The first-order valence-electron chi connectivity index (χ1n) is 16.3. The zero-order chi connectivity index (χ0) is 36.3. The number of carbonyl (C=O) groups is 6. The molecule has 5 atom stereocenters. The molecule has 2 unspecified atom stereocenters. The maximum absolute atomic E-state index is 14.0. The highest BCUT2D eigenvalue weighted by Crippen LogP contribution is 2.35. The fourth-order valence-electron chi connectivity index (χ4n) is 5.08. The molecule has 1 aromatic carbocycles. The van der Waals surface area contributed by atoms with Gasteiger partial charge in [0.2, 0.25) is 17.6 Å². The maximum Gasteiger partial charge on any atom is 0.326 e. The lowest BCUT2D eigenvalue weighted by atomic mass is 9.85. The fourth-order valence-corrected chi connectivity index (χ4v) is 5.45. The summed E-state index contributed by atoms with van der Waals surface area (Å²) < 4.78 is 5.37. The Labute approximate surface area is 293 Å². The summed E-state index contributed by atoms with van der Waals surface area (Å²) in [5.74, 6) is -3.41. The normalized spacial score (nSPS) is 19.4. The number of nitrogens with two attached hydrogens (primary N) is 1. The maximum atomic E-state index is 14.0. The molecule has 3 rings (SSSR count). The molecule has 2 aliphatic rings. The minimum absolute atomic E-state index is 0.0191. The van der Waals surface area contributed by atoms with Crippen LogP contribution in [0.2, 0.25) is 0 Å². The second kappa shape index (κ2) is 18.4. The minimum Gasteiger partial charge on any atom is -0.456 e. The summed E-state index contributed by atoms with van der Waals surface area (Å²) in [7, 11) is 0. The van der Waals surface area contributed by atoms with Crippen molar-refractivity contribution in [3.8, 4) is 0 Å². The van der Waals surface area contributed by atoms with Gasteiger partial charge in [0.05, 0.1) is 6.04 Å². The number of carbonyl (C=O) groups excluding carboxylic acids is 6. The minimum atomic E-state index is -1.16. The van der Waals surface area contributed by atoms with E-state index in [1.54, 1.807) is 27.7 Å². The molecule has 5 amide bonds. The topological polar surface area (TPSA) is 177 Å². The van der Waals surface area contributed by atoms with E-state index < -0.39 is 82.4 Å². The van der Waals surface area contributed by atoms with Gasteiger partial charge in [-0.05, 0) is 42.6 Å². The molecular formula is C34H51Cl2N5O7. The Kier molecular flexibility index (Phi) is 15.6. The zero-order valence-electron chi connectivity index (χ0n) is 28.9. The van der Waals surface area contributed by atoms with Crippen molar-refractivity contribution >= 4 is 58.7 Å². The number of amides is 5. The van der Waals surface area contributed by atoms with Crippen LogP contribution in [0.4, 0.5) is 4.79 Å². The van der Waals surface area contributed by atoms with Crippen LogP contribution >= 0.6 is 23.2 Å². The molecule has 1 aliphatic carbocycles. The van der Waals surface area contributed by atoms with Gasteiger partial charge >= 0.3 is 12.0 Å². The van der Waals surface area contributed by atoms with Crippen molar-refractivity contribution in [3.63, 3.8) is 0 Å². The van der Waals surface area contributed by atoms with E-state index in [-0.39, 0.29) is 25.3 Å². The Morgan fingerprint density at radius 3 is 2.06 bits per heavy atom. The molecule has 14 heteroatoms. The van der Waals surface area contributed by atoms with Gasteiger partial charge in [-0.25, -0.2) is 4.79 Å². The van der Waals surface area contributed by atoms with Crippen LogP contribution in [0.5, 0.6) is 0 Å². The molecule has 1 heterocycles. The summed E-state index contributed by atoms with van der Waals surface area (Å²) in [6.07, 6.45) is 1.59. The average Bonchev–Trinajstić information content (AvgIpc) is 3.70. The molecule has 0 aromatic heterocycles. The van der Waals surface area contributed by atoms with Crippen molar-refractivity contribution in [3.05, 3.63) is 35.9 Å². The van der Waals surface area contributed by atoms with Gasteiger partial charge in [0.1, 0.15) is 29.6 Å². The Balaban J connectivity index is 0.00000189. The number of nitrogens with one attached hydrogen (secondary N) is 3. The lowest BCUT2D eigenvalue weighted by Gasteiger charge is -2.35. The van der Waals surface area contributed by atoms with E-state index in [0.717, 1.165) is 24.3 Å². The van der Waals surface area contributed by atoms with E-state index in [2.05, 4.69) is 36.7 Å². The van der Waals surface area contributed by atoms with Gasteiger partial charge in [-0.2, -0.15) is 0 Å². The first-order chi connectivity index (χ1) is 22.3. The summed E-state index contributed by atoms with van der Waals surface area (Å²) in [4.78, 5) is 77.1. The largest absolute Gasteiger partial charge is 0.456 e. The molecule has 1 saturated carbocycles. The number of Topliss-reactive ketones (excluding diaryl/α,β-unsaturated/α-hetero) is 1. The second-order valence-corrected chi connectivity index (χ2v) is 15.4. The van der Waals surface area contributed by atoms with Gasteiger partial charge in [-0.1, -0.05) is 84.7 Å².